The molecule has 0 radical (unpaired) electrons. The number of carbonyl (C=O) groups is 1. The van der Waals surface area contributed by atoms with Gasteiger partial charge in [-0.1, -0.05) is 30.3 Å². The molecule has 1 aromatic carbocycles. The summed E-state index contributed by atoms with van der Waals surface area (Å²) < 4.78 is 5.40. The van der Waals surface area contributed by atoms with Crippen molar-refractivity contribution in [3.63, 3.8) is 0 Å². The first-order valence-corrected chi connectivity index (χ1v) is 9.87. The van der Waals surface area contributed by atoms with Crippen LogP contribution in [0.5, 0.6) is 0 Å². The van der Waals surface area contributed by atoms with Crippen LogP contribution in [-0.4, -0.2) is 42.9 Å². The van der Waals surface area contributed by atoms with Crippen LogP contribution in [-0.2, 0) is 6.54 Å². The average Bonchev–Trinajstić information content (AvgIpc) is 3.39. The number of likely N-dealkylation sites (tertiary alicyclic amines) is 1. The highest BCUT2D eigenvalue weighted by Gasteiger charge is 2.23. The van der Waals surface area contributed by atoms with E-state index in [0.29, 0.717) is 18.3 Å². The van der Waals surface area contributed by atoms with Crippen LogP contribution in [0.15, 0.2) is 51.9 Å². The molecule has 29 heavy (non-hydrogen) atoms. The highest BCUT2D eigenvalue weighted by Crippen LogP contribution is 2.24. The van der Waals surface area contributed by atoms with Gasteiger partial charge in [0.1, 0.15) is 12.3 Å². The van der Waals surface area contributed by atoms with E-state index in [1.165, 1.54) is 18.4 Å². The lowest BCUT2D eigenvalue weighted by atomic mass is 10.1. The monoisotopic (exact) mass is 511 g/mol. The number of aliphatic imine (C=N–C) groups is 1. The molecule has 2 heterocycles. The average molecular weight is 511 g/mol. The summed E-state index contributed by atoms with van der Waals surface area (Å²) in [5, 5.41) is 6.73. The van der Waals surface area contributed by atoms with Crippen molar-refractivity contribution in [2.75, 3.05) is 26.2 Å². The SMILES string of the molecule is CCNC(=NCc1ccc(C(N)=O)o1)NCC(c1ccccc1)N1CCCC1.I. The number of rotatable bonds is 8. The van der Waals surface area contributed by atoms with Crippen LogP contribution in [0.1, 0.15) is 47.7 Å². The standard InChI is InChI=1S/C21H29N5O2.HI/c1-2-23-21(24-14-17-10-11-19(28-17)20(22)27)25-15-18(26-12-6-7-13-26)16-8-4-3-5-9-16;/h3-5,8-11,18H,2,6-7,12-15H2,1H3,(H2,22,27)(H2,23,24,25);1H. The van der Waals surface area contributed by atoms with Gasteiger partial charge in [0.2, 0.25) is 0 Å². The van der Waals surface area contributed by atoms with Gasteiger partial charge in [0.25, 0.3) is 5.91 Å². The maximum absolute atomic E-state index is 11.2. The lowest BCUT2D eigenvalue weighted by Crippen LogP contribution is -2.42. The highest BCUT2D eigenvalue weighted by molar-refractivity contribution is 14.0. The van der Waals surface area contributed by atoms with E-state index in [9.17, 15) is 4.79 Å². The Labute approximate surface area is 189 Å². The largest absolute Gasteiger partial charge is 0.454 e. The lowest BCUT2D eigenvalue weighted by Gasteiger charge is -2.29. The van der Waals surface area contributed by atoms with Crippen LogP contribution in [0.25, 0.3) is 0 Å². The minimum atomic E-state index is -0.573. The smallest absolute Gasteiger partial charge is 0.284 e. The fourth-order valence-electron chi connectivity index (χ4n) is 3.47. The van der Waals surface area contributed by atoms with Crippen molar-refractivity contribution in [3.8, 4) is 0 Å². The van der Waals surface area contributed by atoms with Crippen molar-refractivity contribution < 1.29 is 9.21 Å². The summed E-state index contributed by atoms with van der Waals surface area (Å²) in [6.45, 7) is 6.14. The van der Waals surface area contributed by atoms with Gasteiger partial charge in [-0.15, -0.1) is 24.0 Å². The predicted octanol–water partition coefficient (Wildman–Crippen LogP) is 2.89. The maximum Gasteiger partial charge on any atom is 0.284 e. The first kappa shape index (κ1) is 23.2. The van der Waals surface area contributed by atoms with Crippen LogP contribution in [0.2, 0.25) is 0 Å². The molecular formula is C21H30IN5O2. The van der Waals surface area contributed by atoms with Gasteiger partial charge in [-0.25, -0.2) is 4.99 Å². The second-order valence-electron chi connectivity index (χ2n) is 6.88. The highest BCUT2D eigenvalue weighted by atomic mass is 127. The Hall–Kier alpha value is -2.07. The number of amides is 1. The Balaban J connectivity index is 0.00000300. The van der Waals surface area contributed by atoms with Crippen LogP contribution in [0.4, 0.5) is 0 Å². The molecule has 2 aromatic rings. The molecule has 3 rings (SSSR count). The van der Waals surface area contributed by atoms with Crippen LogP contribution >= 0.6 is 24.0 Å². The van der Waals surface area contributed by atoms with Gasteiger partial charge in [0.05, 0.1) is 6.04 Å². The van der Waals surface area contributed by atoms with E-state index in [1.54, 1.807) is 12.1 Å². The fraction of sp³-hybridized carbons (Fsp3) is 0.429. The molecule has 1 unspecified atom stereocenters. The second-order valence-corrected chi connectivity index (χ2v) is 6.88. The number of primary amides is 1. The van der Waals surface area contributed by atoms with Crippen molar-refractivity contribution >= 4 is 35.8 Å². The molecule has 0 aliphatic carbocycles. The van der Waals surface area contributed by atoms with Crippen LogP contribution < -0.4 is 16.4 Å². The first-order chi connectivity index (χ1) is 13.7. The number of hydrogen-bond acceptors (Lipinski definition) is 4. The zero-order valence-corrected chi connectivity index (χ0v) is 19.1. The van der Waals surface area contributed by atoms with Gasteiger partial charge in [0, 0.05) is 13.1 Å². The summed E-state index contributed by atoms with van der Waals surface area (Å²) in [7, 11) is 0. The van der Waals surface area contributed by atoms with Gasteiger partial charge < -0.3 is 20.8 Å². The number of benzene rings is 1. The van der Waals surface area contributed by atoms with E-state index in [0.717, 1.165) is 32.1 Å². The zero-order valence-electron chi connectivity index (χ0n) is 16.8. The van der Waals surface area contributed by atoms with Crippen LogP contribution in [0.3, 0.4) is 0 Å². The topological polar surface area (TPSA) is 95.9 Å². The number of halogens is 1. The summed E-state index contributed by atoms with van der Waals surface area (Å²) in [5.41, 5.74) is 6.54. The third kappa shape index (κ3) is 6.74. The third-order valence-corrected chi connectivity index (χ3v) is 4.87. The molecule has 1 atom stereocenters. The van der Waals surface area contributed by atoms with E-state index >= 15 is 0 Å². The lowest BCUT2D eigenvalue weighted by molar-refractivity contribution is 0.0972. The van der Waals surface area contributed by atoms with E-state index < -0.39 is 5.91 Å². The minimum absolute atomic E-state index is 0. The normalized spacial score (nSPS) is 15.6. The van der Waals surface area contributed by atoms with E-state index in [4.69, 9.17) is 10.2 Å². The fourth-order valence-corrected chi connectivity index (χ4v) is 3.47. The molecule has 1 amide bonds. The molecular weight excluding hydrogens is 481 g/mol. The Morgan fingerprint density at radius 3 is 2.52 bits per heavy atom. The molecule has 1 aliphatic heterocycles. The molecule has 4 N–H and O–H groups in total. The van der Waals surface area contributed by atoms with Crippen molar-refractivity contribution in [1.29, 1.82) is 0 Å². The molecule has 1 aliphatic rings. The van der Waals surface area contributed by atoms with Crippen molar-refractivity contribution in [1.82, 2.24) is 15.5 Å². The minimum Gasteiger partial charge on any atom is -0.454 e. The van der Waals surface area contributed by atoms with Gasteiger partial charge in [-0.2, -0.15) is 0 Å². The summed E-state index contributed by atoms with van der Waals surface area (Å²) >= 11 is 0. The van der Waals surface area contributed by atoms with Gasteiger partial charge in [0.15, 0.2) is 11.7 Å². The number of nitrogens with zero attached hydrogens (tertiary/aromatic N) is 2. The first-order valence-electron chi connectivity index (χ1n) is 9.87. The predicted molar refractivity (Wildman–Crippen MR) is 125 cm³/mol. The Morgan fingerprint density at radius 1 is 1.17 bits per heavy atom. The number of hydrogen-bond donors (Lipinski definition) is 3. The molecule has 8 heteroatoms. The van der Waals surface area contributed by atoms with E-state index in [2.05, 4.69) is 44.8 Å². The Bertz CT molecular complexity index is 787. The van der Waals surface area contributed by atoms with Gasteiger partial charge >= 0.3 is 0 Å². The zero-order chi connectivity index (χ0) is 19.8. The summed E-state index contributed by atoms with van der Waals surface area (Å²) in [6, 6.07) is 14.2. The Kier molecular flexibility index (Phi) is 9.46. The summed E-state index contributed by atoms with van der Waals surface area (Å²) in [6.07, 6.45) is 2.50. The molecule has 1 saturated heterocycles. The molecule has 0 saturated carbocycles. The molecule has 7 nitrogen and oxygen atoms in total. The molecule has 0 bridgehead atoms. The van der Waals surface area contributed by atoms with E-state index in [1.807, 2.05) is 13.0 Å². The molecule has 1 aromatic heterocycles. The molecule has 158 valence electrons. The molecule has 1 fully saturated rings. The number of nitrogens with two attached hydrogens (primary N) is 1. The maximum atomic E-state index is 11.2. The number of carbonyl (C=O) groups excluding carboxylic acids is 1. The second kappa shape index (κ2) is 11.8. The molecule has 0 spiro atoms. The van der Waals surface area contributed by atoms with Gasteiger partial charge in [-0.05, 0) is 50.6 Å². The van der Waals surface area contributed by atoms with E-state index in [-0.39, 0.29) is 29.7 Å². The van der Waals surface area contributed by atoms with Crippen molar-refractivity contribution in [2.24, 2.45) is 10.7 Å². The number of guanidine groups is 1. The summed E-state index contributed by atoms with van der Waals surface area (Å²) in [4.78, 5) is 18.3. The third-order valence-electron chi connectivity index (χ3n) is 4.87. The quantitative estimate of drug-likeness (QED) is 0.288. The van der Waals surface area contributed by atoms with Crippen molar-refractivity contribution in [2.45, 2.75) is 32.4 Å². The number of furan rings is 1. The summed E-state index contributed by atoms with van der Waals surface area (Å²) in [5.74, 6) is 0.905. The Morgan fingerprint density at radius 2 is 1.90 bits per heavy atom. The van der Waals surface area contributed by atoms with Gasteiger partial charge in [-0.3, -0.25) is 9.69 Å². The van der Waals surface area contributed by atoms with Crippen molar-refractivity contribution in [3.05, 3.63) is 59.5 Å². The van der Waals surface area contributed by atoms with Crippen LogP contribution in [0, 0.1) is 0 Å². The number of nitrogens with one attached hydrogen (secondary N) is 2.